The summed E-state index contributed by atoms with van der Waals surface area (Å²) in [4.78, 5) is 23.9. The Morgan fingerprint density at radius 1 is 1.12 bits per heavy atom. The molecule has 0 aliphatic heterocycles. The second-order valence-electron chi connectivity index (χ2n) is 5.28. The van der Waals surface area contributed by atoms with Crippen molar-refractivity contribution in [2.24, 2.45) is 0 Å². The number of hydrogen-bond donors (Lipinski definition) is 1. The van der Waals surface area contributed by atoms with Crippen LogP contribution in [0.25, 0.3) is 0 Å². The van der Waals surface area contributed by atoms with Gasteiger partial charge in [-0.1, -0.05) is 23.7 Å². The number of ether oxygens (including phenoxy) is 3. The Morgan fingerprint density at radius 2 is 1.92 bits per heavy atom. The maximum atomic E-state index is 12.1. The average molecular weight is 378 g/mol. The minimum absolute atomic E-state index is 0.271. The Hall–Kier alpha value is -2.73. The highest BCUT2D eigenvalue weighted by Gasteiger charge is 2.14. The number of halogens is 1. The van der Waals surface area contributed by atoms with Crippen molar-refractivity contribution < 1.29 is 23.8 Å². The van der Waals surface area contributed by atoms with Crippen LogP contribution in [0.4, 0.5) is 0 Å². The smallest absolute Gasteiger partial charge is 0.338 e. The molecule has 26 heavy (non-hydrogen) atoms. The number of amides is 1. The van der Waals surface area contributed by atoms with Crippen LogP contribution in [-0.4, -0.2) is 32.2 Å². The number of methoxy groups -OCH3 is 1. The molecule has 0 radical (unpaired) electrons. The minimum Gasteiger partial charge on any atom is -0.493 e. The fourth-order valence-electron chi connectivity index (χ4n) is 2.18. The lowest BCUT2D eigenvalue weighted by atomic mass is 10.2. The van der Waals surface area contributed by atoms with Crippen LogP contribution in [0.2, 0.25) is 5.02 Å². The largest absolute Gasteiger partial charge is 0.493 e. The van der Waals surface area contributed by atoms with Crippen LogP contribution in [-0.2, 0) is 16.1 Å². The van der Waals surface area contributed by atoms with E-state index in [0.29, 0.717) is 29.7 Å². The van der Waals surface area contributed by atoms with E-state index in [-0.39, 0.29) is 12.2 Å². The molecular weight excluding hydrogens is 358 g/mol. The lowest BCUT2D eigenvalue weighted by molar-refractivity contribution is -0.124. The van der Waals surface area contributed by atoms with E-state index in [4.69, 9.17) is 25.8 Å². The van der Waals surface area contributed by atoms with Crippen LogP contribution in [0.5, 0.6) is 11.5 Å². The number of carbonyl (C=O) groups excluding carboxylic acids is 2. The van der Waals surface area contributed by atoms with Crippen molar-refractivity contribution in [3.05, 3.63) is 58.6 Å². The number of rotatable bonds is 8. The Kier molecular flexibility index (Phi) is 7.29. The lowest BCUT2D eigenvalue weighted by Crippen LogP contribution is -2.28. The SMILES string of the molecule is CCOc1ccc(C(=O)OCC(=O)NCc2cccc(Cl)c2)cc1OC. The van der Waals surface area contributed by atoms with Gasteiger partial charge in [-0.25, -0.2) is 4.79 Å². The zero-order chi connectivity index (χ0) is 18.9. The highest BCUT2D eigenvalue weighted by atomic mass is 35.5. The molecular formula is C19H20ClNO5. The van der Waals surface area contributed by atoms with Gasteiger partial charge in [0.2, 0.25) is 0 Å². The molecule has 0 atom stereocenters. The first kappa shape index (κ1) is 19.6. The van der Waals surface area contributed by atoms with Crippen molar-refractivity contribution in [1.82, 2.24) is 5.32 Å². The van der Waals surface area contributed by atoms with E-state index in [0.717, 1.165) is 5.56 Å². The van der Waals surface area contributed by atoms with Crippen molar-refractivity contribution in [3.63, 3.8) is 0 Å². The number of nitrogens with one attached hydrogen (secondary N) is 1. The van der Waals surface area contributed by atoms with Gasteiger partial charge in [-0.2, -0.15) is 0 Å². The number of hydrogen-bond acceptors (Lipinski definition) is 5. The van der Waals surface area contributed by atoms with Gasteiger partial charge in [0.1, 0.15) is 0 Å². The van der Waals surface area contributed by atoms with Gasteiger partial charge in [-0.05, 0) is 42.8 Å². The van der Waals surface area contributed by atoms with Crippen LogP contribution >= 0.6 is 11.6 Å². The van der Waals surface area contributed by atoms with Crippen LogP contribution < -0.4 is 14.8 Å². The van der Waals surface area contributed by atoms with Gasteiger partial charge in [-0.15, -0.1) is 0 Å². The molecule has 2 rings (SSSR count). The van der Waals surface area contributed by atoms with Crippen molar-refractivity contribution in [2.75, 3.05) is 20.3 Å². The summed E-state index contributed by atoms with van der Waals surface area (Å²) in [5.74, 6) is -0.0713. The van der Waals surface area contributed by atoms with Crippen molar-refractivity contribution in [1.29, 1.82) is 0 Å². The molecule has 0 unspecified atom stereocenters. The van der Waals surface area contributed by atoms with E-state index >= 15 is 0 Å². The molecule has 0 aliphatic carbocycles. The molecule has 6 nitrogen and oxygen atoms in total. The van der Waals surface area contributed by atoms with Crippen molar-refractivity contribution in [2.45, 2.75) is 13.5 Å². The Balaban J connectivity index is 1.86. The van der Waals surface area contributed by atoms with Gasteiger partial charge in [-0.3, -0.25) is 4.79 Å². The second-order valence-corrected chi connectivity index (χ2v) is 5.72. The van der Waals surface area contributed by atoms with Crippen LogP contribution in [0, 0.1) is 0 Å². The molecule has 0 aromatic heterocycles. The van der Waals surface area contributed by atoms with Gasteiger partial charge >= 0.3 is 5.97 Å². The number of carbonyl (C=O) groups is 2. The molecule has 7 heteroatoms. The van der Waals surface area contributed by atoms with E-state index in [1.807, 2.05) is 13.0 Å². The second kappa shape index (κ2) is 9.68. The summed E-state index contributed by atoms with van der Waals surface area (Å²) in [6.45, 7) is 2.25. The maximum Gasteiger partial charge on any atom is 0.338 e. The summed E-state index contributed by atoms with van der Waals surface area (Å²) in [6.07, 6.45) is 0. The topological polar surface area (TPSA) is 73.9 Å². The summed E-state index contributed by atoms with van der Waals surface area (Å²) in [6, 6.07) is 11.8. The lowest BCUT2D eigenvalue weighted by Gasteiger charge is -2.11. The van der Waals surface area contributed by atoms with Crippen LogP contribution in [0.3, 0.4) is 0 Å². The zero-order valence-corrected chi connectivity index (χ0v) is 15.3. The normalized spacial score (nSPS) is 10.1. The highest BCUT2D eigenvalue weighted by molar-refractivity contribution is 6.30. The van der Waals surface area contributed by atoms with E-state index < -0.39 is 11.9 Å². The molecule has 2 aromatic rings. The molecule has 0 spiro atoms. The molecule has 0 fully saturated rings. The standard InChI is InChI=1S/C19H20ClNO5/c1-3-25-16-8-7-14(10-17(16)24-2)19(23)26-12-18(22)21-11-13-5-4-6-15(20)9-13/h4-10H,3,11-12H2,1-2H3,(H,21,22). The molecule has 0 bridgehead atoms. The summed E-state index contributed by atoms with van der Waals surface area (Å²) in [5, 5.41) is 3.25. The maximum absolute atomic E-state index is 12.1. The molecule has 1 amide bonds. The molecule has 0 aliphatic rings. The van der Waals surface area contributed by atoms with Gasteiger partial charge in [0, 0.05) is 11.6 Å². The fraction of sp³-hybridized carbons (Fsp3) is 0.263. The zero-order valence-electron chi connectivity index (χ0n) is 14.6. The molecule has 2 aromatic carbocycles. The third-order valence-corrected chi connectivity index (χ3v) is 3.65. The first-order valence-electron chi connectivity index (χ1n) is 8.02. The Bertz CT molecular complexity index is 778. The van der Waals surface area contributed by atoms with Gasteiger partial charge in [0.15, 0.2) is 18.1 Å². The Morgan fingerprint density at radius 3 is 2.62 bits per heavy atom. The number of benzene rings is 2. The highest BCUT2D eigenvalue weighted by Crippen LogP contribution is 2.28. The summed E-state index contributed by atoms with van der Waals surface area (Å²) >= 11 is 5.89. The summed E-state index contributed by atoms with van der Waals surface area (Å²) in [5.41, 5.74) is 1.13. The molecule has 138 valence electrons. The van der Waals surface area contributed by atoms with Gasteiger partial charge < -0.3 is 19.5 Å². The predicted molar refractivity (Wildman–Crippen MR) is 97.7 cm³/mol. The molecule has 1 N–H and O–H groups in total. The third kappa shape index (κ3) is 5.67. The monoisotopic (exact) mass is 377 g/mol. The molecule has 0 saturated heterocycles. The van der Waals surface area contributed by atoms with Gasteiger partial charge in [0.25, 0.3) is 5.91 Å². The first-order chi connectivity index (χ1) is 12.5. The van der Waals surface area contributed by atoms with Crippen LogP contribution in [0.15, 0.2) is 42.5 Å². The first-order valence-corrected chi connectivity index (χ1v) is 8.40. The summed E-state index contributed by atoms with van der Waals surface area (Å²) in [7, 11) is 1.48. The third-order valence-electron chi connectivity index (χ3n) is 3.41. The Labute approximate surface area is 157 Å². The fourth-order valence-corrected chi connectivity index (χ4v) is 2.40. The number of esters is 1. The molecule has 0 saturated carbocycles. The summed E-state index contributed by atoms with van der Waals surface area (Å²) < 4.78 is 15.6. The predicted octanol–water partition coefficient (Wildman–Crippen LogP) is 3.22. The molecule has 0 heterocycles. The van der Waals surface area contributed by atoms with Gasteiger partial charge in [0.05, 0.1) is 19.3 Å². The van der Waals surface area contributed by atoms with E-state index in [1.54, 1.807) is 30.3 Å². The quantitative estimate of drug-likeness (QED) is 0.715. The van der Waals surface area contributed by atoms with Crippen LogP contribution in [0.1, 0.15) is 22.8 Å². The average Bonchev–Trinajstić information content (AvgIpc) is 2.65. The van der Waals surface area contributed by atoms with E-state index in [2.05, 4.69) is 5.32 Å². The van der Waals surface area contributed by atoms with E-state index in [1.165, 1.54) is 13.2 Å². The van der Waals surface area contributed by atoms with Crippen molar-refractivity contribution >= 4 is 23.5 Å². The van der Waals surface area contributed by atoms with E-state index in [9.17, 15) is 9.59 Å². The van der Waals surface area contributed by atoms with Crippen molar-refractivity contribution in [3.8, 4) is 11.5 Å². The minimum atomic E-state index is -0.621.